The van der Waals surface area contributed by atoms with Gasteiger partial charge in [-0.2, -0.15) is 0 Å². The van der Waals surface area contributed by atoms with Crippen LogP contribution in [0.15, 0.2) is 24.3 Å². The fraction of sp³-hybridized carbons (Fsp3) is 0.400. The lowest BCUT2D eigenvalue weighted by molar-refractivity contribution is 0.223. The Morgan fingerprint density at radius 1 is 1.31 bits per heavy atom. The van der Waals surface area contributed by atoms with Crippen molar-refractivity contribution < 1.29 is 4.74 Å². The molecule has 1 fully saturated rings. The molecule has 1 aromatic rings. The predicted octanol–water partition coefficient (Wildman–Crippen LogP) is 2.08. The maximum absolute atomic E-state index is 5.76. The van der Waals surface area contributed by atoms with E-state index in [-0.39, 0.29) is 0 Å². The van der Waals surface area contributed by atoms with Gasteiger partial charge in [-0.3, -0.25) is 0 Å². The molecule has 0 radical (unpaired) electrons. The SMILES string of the molecule is Clc1ccc(OC2CCNC2)cc1. The van der Waals surface area contributed by atoms with E-state index >= 15 is 0 Å². The van der Waals surface area contributed by atoms with E-state index in [0.29, 0.717) is 6.10 Å². The number of hydrogen-bond acceptors (Lipinski definition) is 2. The molecule has 1 aromatic carbocycles. The number of ether oxygens (including phenoxy) is 1. The van der Waals surface area contributed by atoms with Crippen LogP contribution in [-0.2, 0) is 0 Å². The molecule has 1 heterocycles. The monoisotopic (exact) mass is 197 g/mol. The predicted molar refractivity (Wildman–Crippen MR) is 53.4 cm³/mol. The van der Waals surface area contributed by atoms with Crippen LogP contribution < -0.4 is 10.1 Å². The van der Waals surface area contributed by atoms with Gasteiger partial charge in [-0.1, -0.05) is 11.6 Å². The van der Waals surface area contributed by atoms with Crippen molar-refractivity contribution in [1.82, 2.24) is 5.32 Å². The summed E-state index contributed by atoms with van der Waals surface area (Å²) in [6.07, 6.45) is 1.41. The highest BCUT2D eigenvalue weighted by atomic mass is 35.5. The highest BCUT2D eigenvalue weighted by Gasteiger charge is 2.15. The van der Waals surface area contributed by atoms with Crippen LogP contribution in [0.5, 0.6) is 5.75 Å². The molecule has 1 N–H and O–H groups in total. The number of benzene rings is 1. The first-order chi connectivity index (χ1) is 6.34. The largest absolute Gasteiger partial charge is 0.489 e. The molecule has 1 aliphatic heterocycles. The van der Waals surface area contributed by atoms with E-state index in [9.17, 15) is 0 Å². The van der Waals surface area contributed by atoms with Gasteiger partial charge in [0.2, 0.25) is 0 Å². The molecule has 0 aromatic heterocycles. The average molecular weight is 198 g/mol. The third-order valence-corrected chi connectivity index (χ3v) is 2.38. The van der Waals surface area contributed by atoms with Gasteiger partial charge >= 0.3 is 0 Å². The smallest absolute Gasteiger partial charge is 0.119 e. The average Bonchev–Trinajstić information content (AvgIpc) is 2.62. The first-order valence-electron chi connectivity index (χ1n) is 4.47. The highest BCUT2D eigenvalue weighted by molar-refractivity contribution is 6.30. The van der Waals surface area contributed by atoms with E-state index in [1.165, 1.54) is 0 Å². The van der Waals surface area contributed by atoms with Crippen molar-refractivity contribution >= 4 is 11.6 Å². The zero-order chi connectivity index (χ0) is 9.10. The second-order valence-corrected chi connectivity index (χ2v) is 3.62. The van der Waals surface area contributed by atoms with Gasteiger partial charge in [0.15, 0.2) is 0 Å². The molecule has 2 rings (SSSR count). The quantitative estimate of drug-likeness (QED) is 0.784. The number of rotatable bonds is 2. The van der Waals surface area contributed by atoms with Gasteiger partial charge in [-0.05, 0) is 37.2 Å². The van der Waals surface area contributed by atoms with Crippen LogP contribution in [0.25, 0.3) is 0 Å². The molecule has 1 unspecified atom stereocenters. The Kier molecular flexibility index (Phi) is 2.71. The number of nitrogens with one attached hydrogen (secondary N) is 1. The number of halogens is 1. The Morgan fingerprint density at radius 3 is 2.69 bits per heavy atom. The number of hydrogen-bond donors (Lipinski definition) is 1. The van der Waals surface area contributed by atoms with Crippen LogP contribution in [0.3, 0.4) is 0 Å². The van der Waals surface area contributed by atoms with Crippen molar-refractivity contribution in [1.29, 1.82) is 0 Å². The molecule has 0 bridgehead atoms. The summed E-state index contributed by atoms with van der Waals surface area (Å²) in [7, 11) is 0. The van der Waals surface area contributed by atoms with Crippen molar-refractivity contribution in [3.05, 3.63) is 29.3 Å². The molecule has 0 amide bonds. The van der Waals surface area contributed by atoms with Crippen molar-refractivity contribution in [2.75, 3.05) is 13.1 Å². The molecule has 0 spiro atoms. The van der Waals surface area contributed by atoms with Gasteiger partial charge in [-0.15, -0.1) is 0 Å². The molecular weight excluding hydrogens is 186 g/mol. The lowest BCUT2D eigenvalue weighted by atomic mass is 10.3. The maximum atomic E-state index is 5.76. The minimum atomic E-state index is 0.321. The van der Waals surface area contributed by atoms with Crippen LogP contribution in [0, 0.1) is 0 Å². The summed E-state index contributed by atoms with van der Waals surface area (Å²) >= 11 is 5.76. The molecule has 1 saturated heterocycles. The summed E-state index contributed by atoms with van der Waals surface area (Å²) in [5.74, 6) is 0.901. The van der Waals surface area contributed by atoms with Gasteiger partial charge in [-0.25, -0.2) is 0 Å². The van der Waals surface area contributed by atoms with Crippen LogP contribution in [0.4, 0.5) is 0 Å². The molecule has 0 saturated carbocycles. The van der Waals surface area contributed by atoms with Crippen molar-refractivity contribution in [3.63, 3.8) is 0 Å². The van der Waals surface area contributed by atoms with Crippen LogP contribution in [0.2, 0.25) is 5.02 Å². The summed E-state index contributed by atoms with van der Waals surface area (Å²) in [5, 5.41) is 4.00. The maximum Gasteiger partial charge on any atom is 0.119 e. The van der Waals surface area contributed by atoms with Crippen LogP contribution >= 0.6 is 11.6 Å². The van der Waals surface area contributed by atoms with Crippen molar-refractivity contribution in [2.24, 2.45) is 0 Å². The Balaban J connectivity index is 1.97. The summed E-state index contributed by atoms with van der Waals surface area (Å²) in [5.41, 5.74) is 0. The van der Waals surface area contributed by atoms with Crippen LogP contribution in [-0.4, -0.2) is 19.2 Å². The second-order valence-electron chi connectivity index (χ2n) is 3.19. The fourth-order valence-electron chi connectivity index (χ4n) is 1.43. The first-order valence-corrected chi connectivity index (χ1v) is 4.85. The third kappa shape index (κ3) is 2.36. The minimum Gasteiger partial charge on any atom is -0.489 e. The normalized spacial score (nSPS) is 21.8. The lowest BCUT2D eigenvalue weighted by Gasteiger charge is -2.11. The van der Waals surface area contributed by atoms with Crippen molar-refractivity contribution in [3.8, 4) is 5.75 Å². The zero-order valence-electron chi connectivity index (χ0n) is 7.29. The molecular formula is C10H12ClNO. The minimum absolute atomic E-state index is 0.321. The van der Waals surface area contributed by atoms with Crippen molar-refractivity contribution in [2.45, 2.75) is 12.5 Å². The van der Waals surface area contributed by atoms with Gasteiger partial charge < -0.3 is 10.1 Å². The summed E-state index contributed by atoms with van der Waals surface area (Å²) < 4.78 is 5.71. The molecule has 13 heavy (non-hydrogen) atoms. The Labute approximate surface area is 82.9 Å². The van der Waals surface area contributed by atoms with E-state index in [2.05, 4.69) is 5.32 Å². The Bertz CT molecular complexity index is 267. The fourth-order valence-corrected chi connectivity index (χ4v) is 1.56. The van der Waals surface area contributed by atoms with Gasteiger partial charge in [0, 0.05) is 11.6 Å². The topological polar surface area (TPSA) is 21.3 Å². The first kappa shape index (κ1) is 8.85. The van der Waals surface area contributed by atoms with E-state index < -0.39 is 0 Å². The van der Waals surface area contributed by atoms with E-state index in [1.54, 1.807) is 0 Å². The molecule has 1 aliphatic rings. The molecule has 1 atom stereocenters. The molecule has 0 aliphatic carbocycles. The molecule has 70 valence electrons. The summed E-state index contributed by atoms with van der Waals surface area (Å²) in [6.45, 7) is 2.00. The Hall–Kier alpha value is -0.730. The summed E-state index contributed by atoms with van der Waals surface area (Å²) in [4.78, 5) is 0. The highest BCUT2D eigenvalue weighted by Crippen LogP contribution is 2.18. The summed E-state index contributed by atoms with van der Waals surface area (Å²) in [6, 6.07) is 7.50. The lowest BCUT2D eigenvalue weighted by Crippen LogP contribution is -2.19. The third-order valence-electron chi connectivity index (χ3n) is 2.13. The molecule has 3 heteroatoms. The van der Waals surface area contributed by atoms with Gasteiger partial charge in [0.25, 0.3) is 0 Å². The van der Waals surface area contributed by atoms with E-state index in [1.807, 2.05) is 24.3 Å². The Morgan fingerprint density at radius 2 is 2.08 bits per heavy atom. The van der Waals surface area contributed by atoms with E-state index in [4.69, 9.17) is 16.3 Å². The van der Waals surface area contributed by atoms with Crippen LogP contribution in [0.1, 0.15) is 6.42 Å². The zero-order valence-corrected chi connectivity index (χ0v) is 8.05. The van der Waals surface area contributed by atoms with E-state index in [0.717, 1.165) is 30.3 Å². The molecule has 2 nitrogen and oxygen atoms in total. The second kappa shape index (κ2) is 3.99. The standard InChI is InChI=1S/C10H12ClNO/c11-8-1-3-9(4-2-8)13-10-5-6-12-7-10/h1-4,10,12H,5-7H2. The van der Waals surface area contributed by atoms with Gasteiger partial charge in [0.05, 0.1) is 0 Å². The van der Waals surface area contributed by atoms with Gasteiger partial charge in [0.1, 0.15) is 11.9 Å².